The van der Waals surface area contributed by atoms with E-state index >= 15 is 0 Å². The van der Waals surface area contributed by atoms with Crippen LogP contribution in [0.15, 0.2) is 33.0 Å². The summed E-state index contributed by atoms with van der Waals surface area (Å²) >= 11 is 3.07. The summed E-state index contributed by atoms with van der Waals surface area (Å²) < 4.78 is 26.7. The lowest BCUT2D eigenvalue weighted by Gasteiger charge is -2.15. The summed E-state index contributed by atoms with van der Waals surface area (Å²) in [6.07, 6.45) is 7.54. The maximum Gasteiger partial charge on any atom is 0.259 e. The molecular formula is C20H22N4O3S3. The molecule has 0 amide bonds. The molecular weight excluding hydrogens is 440 g/mol. The molecule has 1 aliphatic carbocycles. The molecule has 0 spiro atoms. The topological polar surface area (TPSA) is 96.0 Å². The lowest BCUT2D eigenvalue weighted by molar-refractivity contribution is 0.477. The maximum absolute atomic E-state index is 12.6. The Kier molecular flexibility index (Phi) is 5.42. The summed E-state index contributed by atoms with van der Waals surface area (Å²) in [6, 6.07) is 3.32. The molecule has 3 aromatic rings. The summed E-state index contributed by atoms with van der Waals surface area (Å²) in [4.78, 5) is 26.9. The van der Waals surface area contributed by atoms with Crippen molar-refractivity contribution in [3.05, 3.63) is 44.9 Å². The van der Waals surface area contributed by atoms with Crippen molar-refractivity contribution < 1.29 is 8.42 Å². The van der Waals surface area contributed by atoms with Gasteiger partial charge in [0, 0.05) is 24.2 Å². The lowest BCUT2D eigenvalue weighted by atomic mass is 9.97. The highest BCUT2D eigenvalue weighted by atomic mass is 32.2. The number of sulfonamides is 1. The first-order valence-corrected chi connectivity index (χ1v) is 13.4. The molecule has 0 bridgehead atoms. The number of aromatic nitrogens is 3. The Labute approximate surface area is 183 Å². The second-order valence-corrected chi connectivity index (χ2v) is 11.7. The Morgan fingerprint density at radius 1 is 1.13 bits per heavy atom. The molecule has 1 aliphatic heterocycles. The number of pyridine rings is 1. The fourth-order valence-corrected chi connectivity index (χ4v) is 7.56. The van der Waals surface area contributed by atoms with Crippen molar-refractivity contribution in [2.24, 2.45) is 0 Å². The Balaban J connectivity index is 1.32. The monoisotopic (exact) mass is 462 g/mol. The second kappa shape index (κ2) is 8.07. The van der Waals surface area contributed by atoms with Gasteiger partial charge in [0.2, 0.25) is 10.0 Å². The van der Waals surface area contributed by atoms with E-state index in [2.05, 4.69) is 15.0 Å². The van der Waals surface area contributed by atoms with Gasteiger partial charge in [-0.1, -0.05) is 11.8 Å². The van der Waals surface area contributed by atoms with Gasteiger partial charge < -0.3 is 4.98 Å². The van der Waals surface area contributed by atoms with Crippen LogP contribution in [0.25, 0.3) is 10.2 Å². The fourth-order valence-electron chi connectivity index (χ4n) is 4.10. The van der Waals surface area contributed by atoms with E-state index in [1.807, 2.05) is 0 Å². The molecule has 30 heavy (non-hydrogen) atoms. The third kappa shape index (κ3) is 3.70. The first-order chi connectivity index (χ1) is 14.5. The molecule has 0 saturated carbocycles. The number of thioether (sulfide) groups is 1. The van der Waals surface area contributed by atoms with Crippen LogP contribution in [0.2, 0.25) is 0 Å². The number of aromatic amines is 1. The lowest BCUT2D eigenvalue weighted by Crippen LogP contribution is -2.27. The van der Waals surface area contributed by atoms with E-state index in [-0.39, 0.29) is 10.5 Å². The van der Waals surface area contributed by atoms with Crippen LogP contribution < -0.4 is 5.56 Å². The minimum absolute atomic E-state index is 0.0602. The molecule has 4 heterocycles. The van der Waals surface area contributed by atoms with Crippen LogP contribution in [0.4, 0.5) is 0 Å². The van der Waals surface area contributed by atoms with Crippen molar-refractivity contribution in [3.63, 3.8) is 0 Å². The SMILES string of the molecule is O=c1[nH]c(CSc2ccc(S(=O)(=O)N3CCCC3)cn2)nc2sc3c(c12)CCCC3. The maximum atomic E-state index is 12.6. The smallest absolute Gasteiger partial charge is 0.259 e. The van der Waals surface area contributed by atoms with Gasteiger partial charge in [0.15, 0.2) is 0 Å². The van der Waals surface area contributed by atoms with Crippen molar-refractivity contribution >= 4 is 43.3 Å². The molecule has 0 unspecified atom stereocenters. The van der Waals surface area contributed by atoms with E-state index in [0.717, 1.165) is 42.3 Å². The summed E-state index contributed by atoms with van der Waals surface area (Å²) in [5.41, 5.74) is 1.13. The zero-order chi connectivity index (χ0) is 20.7. The highest BCUT2D eigenvalue weighted by molar-refractivity contribution is 7.98. The molecule has 0 aromatic carbocycles. The minimum atomic E-state index is -3.45. The molecule has 2 aliphatic rings. The average molecular weight is 463 g/mol. The fraction of sp³-hybridized carbons (Fsp3) is 0.450. The first kappa shape index (κ1) is 20.2. The number of aryl methyl sites for hydroxylation is 2. The summed E-state index contributed by atoms with van der Waals surface area (Å²) in [5.74, 6) is 1.09. The molecule has 0 radical (unpaired) electrons. The normalized spacial score (nSPS) is 17.5. The molecule has 7 nitrogen and oxygen atoms in total. The van der Waals surface area contributed by atoms with Crippen molar-refractivity contribution in [1.82, 2.24) is 19.3 Å². The number of H-pyrrole nitrogens is 1. The second-order valence-electron chi connectivity index (χ2n) is 7.64. The van der Waals surface area contributed by atoms with Gasteiger partial charge in [-0.15, -0.1) is 11.3 Å². The van der Waals surface area contributed by atoms with Crippen LogP contribution >= 0.6 is 23.1 Å². The van der Waals surface area contributed by atoms with E-state index in [0.29, 0.717) is 29.7 Å². The van der Waals surface area contributed by atoms with Crippen molar-refractivity contribution in [1.29, 1.82) is 0 Å². The van der Waals surface area contributed by atoms with Gasteiger partial charge in [-0.25, -0.2) is 18.4 Å². The van der Waals surface area contributed by atoms with Crippen LogP contribution in [0, 0.1) is 0 Å². The molecule has 5 rings (SSSR count). The molecule has 1 N–H and O–H groups in total. The van der Waals surface area contributed by atoms with Crippen molar-refractivity contribution in [3.8, 4) is 0 Å². The first-order valence-electron chi connectivity index (χ1n) is 10.1. The van der Waals surface area contributed by atoms with Gasteiger partial charge >= 0.3 is 0 Å². The van der Waals surface area contributed by atoms with E-state index in [1.165, 1.54) is 39.1 Å². The highest BCUT2D eigenvalue weighted by Gasteiger charge is 2.27. The average Bonchev–Trinajstić information content (AvgIpc) is 3.41. The van der Waals surface area contributed by atoms with Gasteiger partial charge in [0.1, 0.15) is 15.6 Å². The van der Waals surface area contributed by atoms with Crippen LogP contribution in [-0.4, -0.2) is 40.8 Å². The van der Waals surface area contributed by atoms with Crippen molar-refractivity contribution in [2.45, 2.75) is 54.2 Å². The predicted octanol–water partition coefficient (Wildman–Crippen LogP) is 3.34. The van der Waals surface area contributed by atoms with Gasteiger partial charge in [-0.2, -0.15) is 4.31 Å². The Bertz CT molecular complexity index is 1240. The van der Waals surface area contributed by atoms with E-state index in [4.69, 9.17) is 0 Å². The Morgan fingerprint density at radius 2 is 1.93 bits per heavy atom. The molecule has 10 heteroatoms. The van der Waals surface area contributed by atoms with Crippen LogP contribution in [0.3, 0.4) is 0 Å². The zero-order valence-corrected chi connectivity index (χ0v) is 18.8. The molecule has 1 saturated heterocycles. The largest absolute Gasteiger partial charge is 0.309 e. The Morgan fingerprint density at radius 3 is 2.70 bits per heavy atom. The number of hydrogen-bond donors (Lipinski definition) is 1. The van der Waals surface area contributed by atoms with Gasteiger partial charge in [0.25, 0.3) is 5.56 Å². The molecule has 158 valence electrons. The van der Waals surface area contributed by atoms with Crippen molar-refractivity contribution in [2.75, 3.05) is 13.1 Å². The van der Waals surface area contributed by atoms with Crippen LogP contribution in [-0.2, 0) is 28.6 Å². The standard InChI is InChI=1S/C20H22N4O3S3/c25-19-18-14-5-1-2-6-15(14)29-20(18)23-16(22-19)12-28-17-8-7-13(11-21-17)30(26,27)24-9-3-4-10-24/h7-8,11H,1-6,9-10,12H2,(H,22,23,25). The number of hydrogen-bond acceptors (Lipinski definition) is 7. The summed E-state index contributed by atoms with van der Waals surface area (Å²) in [6.45, 7) is 1.15. The minimum Gasteiger partial charge on any atom is -0.309 e. The number of rotatable bonds is 5. The number of nitrogens with one attached hydrogen (secondary N) is 1. The zero-order valence-electron chi connectivity index (χ0n) is 16.4. The molecule has 3 aromatic heterocycles. The Hall–Kier alpha value is -1.75. The predicted molar refractivity (Wildman–Crippen MR) is 119 cm³/mol. The van der Waals surface area contributed by atoms with E-state index in [1.54, 1.807) is 23.5 Å². The van der Waals surface area contributed by atoms with Crippen LogP contribution in [0.5, 0.6) is 0 Å². The molecule has 0 atom stereocenters. The number of nitrogens with zero attached hydrogens (tertiary/aromatic N) is 3. The third-order valence-electron chi connectivity index (χ3n) is 5.64. The quantitative estimate of drug-likeness (QED) is 0.584. The van der Waals surface area contributed by atoms with Gasteiger partial charge in [-0.3, -0.25) is 4.79 Å². The van der Waals surface area contributed by atoms with Gasteiger partial charge in [-0.05, 0) is 56.2 Å². The summed E-state index contributed by atoms with van der Waals surface area (Å²) in [5, 5.41) is 1.46. The number of thiophene rings is 1. The van der Waals surface area contributed by atoms with E-state index < -0.39 is 10.0 Å². The van der Waals surface area contributed by atoms with E-state index in [9.17, 15) is 13.2 Å². The van der Waals surface area contributed by atoms with Gasteiger partial charge in [0.05, 0.1) is 16.2 Å². The molecule has 1 fully saturated rings. The number of fused-ring (bicyclic) bond motifs is 3. The van der Waals surface area contributed by atoms with Crippen LogP contribution in [0.1, 0.15) is 41.9 Å². The third-order valence-corrected chi connectivity index (χ3v) is 9.67. The summed E-state index contributed by atoms with van der Waals surface area (Å²) in [7, 11) is -3.45. The highest BCUT2D eigenvalue weighted by Crippen LogP contribution is 2.34.